The lowest BCUT2D eigenvalue weighted by molar-refractivity contribution is 0.162. The van der Waals surface area contributed by atoms with Gasteiger partial charge in [-0.05, 0) is 32.3 Å². The molecule has 1 aliphatic heterocycles. The first-order chi connectivity index (χ1) is 9.28. The van der Waals surface area contributed by atoms with Crippen molar-refractivity contribution in [2.45, 2.75) is 45.1 Å². The summed E-state index contributed by atoms with van der Waals surface area (Å²) in [6, 6.07) is 2.56. The largest absolute Gasteiger partial charge is 0.314 e. The van der Waals surface area contributed by atoms with Gasteiger partial charge in [0.05, 0.1) is 6.04 Å². The lowest BCUT2D eigenvalue weighted by Gasteiger charge is -2.33. The highest BCUT2D eigenvalue weighted by Gasteiger charge is 2.28. The average molecular weight is 260 g/mol. The third-order valence-electron chi connectivity index (χ3n) is 4.16. The number of rotatable bonds is 4. The highest BCUT2D eigenvalue weighted by molar-refractivity contribution is 5.19. The second kappa shape index (κ2) is 5.55. The number of aromatic nitrogens is 2. The summed E-state index contributed by atoms with van der Waals surface area (Å²) in [6.07, 6.45) is 3.70. The standard InChI is InChI=1S/C15H24N4/c1-3-14(19-8-6-16-7-9-19)15-17-11(2)10-13(18-15)12-4-5-12/h10,12,14,16H,3-9H2,1-2H3. The second-order valence-electron chi connectivity index (χ2n) is 5.78. The minimum atomic E-state index is 0.388. The van der Waals surface area contributed by atoms with Gasteiger partial charge in [0.1, 0.15) is 5.82 Å². The first-order valence-corrected chi connectivity index (χ1v) is 7.58. The van der Waals surface area contributed by atoms with Crippen molar-refractivity contribution in [1.29, 1.82) is 0 Å². The molecule has 1 saturated carbocycles. The molecule has 19 heavy (non-hydrogen) atoms. The molecule has 2 aliphatic rings. The van der Waals surface area contributed by atoms with Gasteiger partial charge in [-0.1, -0.05) is 6.92 Å². The summed E-state index contributed by atoms with van der Waals surface area (Å²) in [5, 5.41) is 3.41. The molecule has 1 atom stereocenters. The smallest absolute Gasteiger partial charge is 0.145 e. The molecule has 3 rings (SSSR count). The van der Waals surface area contributed by atoms with Crippen LogP contribution in [0.15, 0.2) is 6.07 Å². The Morgan fingerprint density at radius 3 is 2.68 bits per heavy atom. The zero-order chi connectivity index (χ0) is 13.2. The van der Waals surface area contributed by atoms with Gasteiger partial charge < -0.3 is 5.32 Å². The lowest BCUT2D eigenvalue weighted by Crippen LogP contribution is -2.45. The Kier molecular flexibility index (Phi) is 3.80. The Bertz CT molecular complexity index is 436. The Labute approximate surface area is 115 Å². The molecule has 0 amide bonds. The van der Waals surface area contributed by atoms with Gasteiger partial charge in [-0.15, -0.1) is 0 Å². The van der Waals surface area contributed by atoms with Crippen molar-refractivity contribution in [3.8, 4) is 0 Å². The van der Waals surface area contributed by atoms with Crippen LogP contribution in [0.2, 0.25) is 0 Å². The van der Waals surface area contributed by atoms with Crippen LogP contribution in [0.4, 0.5) is 0 Å². The predicted molar refractivity (Wildman–Crippen MR) is 76.2 cm³/mol. The minimum Gasteiger partial charge on any atom is -0.314 e. The van der Waals surface area contributed by atoms with Crippen molar-refractivity contribution in [3.63, 3.8) is 0 Å². The minimum absolute atomic E-state index is 0.388. The van der Waals surface area contributed by atoms with Gasteiger partial charge in [-0.3, -0.25) is 4.90 Å². The molecule has 1 aromatic rings. The topological polar surface area (TPSA) is 41.1 Å². The molecule has 0 radical (unpaired) electrons. The van der Waals surface area contributed by atoms with Crippen molar-refractivity contribution in [2.24, 2.45) is 0 Å². The molecule has 1 aliphatic carbocycles. The van der Waals surface area contributed by atoms with Gasteiger partial charge in [0.2, 0.25) is 0 Å². The molecule has 1 unspecified atom stereocenters. The van der Waals surface area contributed by atoms with Gasteiger partial charge in [0, 0.05) is 43.5 Å². The number of nitrogens with one attached hydrogen (secondary N) is 1. The van der Waals surface area contributed by atoms with E-state index < -0.39 is 0 Å². The molecule has 4 nitrogen and oxygen atoms in total. The van der Waals surface area contributed by atoms with Crippen molar-refractivity contribution in [1.82, 2.24) is 20.2 Å². The van der Waals surface area contributed by atoms with E-state index in [1.165, 1.54) is 18.5 Å². The van der Waals surface area contributed by atoms with Crippen LogP contribution in [0.1, 0.15) is 55.4 Å². The highest BCUT2D eigenvalue weighted by atomic mass is 15.2. The number of piperazine rings is 1. The van der Waals surface area contributed by atoms with Crippen molar-refractivity contribution >= 4 is 0 Å². The van der Waals surface area contributed by atoms with E-state index in [0.29, 0.717) is 12.0 Å². The first kappa shape index (κ1) is 13.0. The third-order valence-corrected chi connectivity index (χ3v) is 4.16. The summed E-state index contributed by atoms with van der Waals surface area (Å²) in [5.74, 6) is 1.76. The van der Waals surface area contributed by atoms with Gasteiger partial charge in [0.15, 0.2) is 0 Å². The van der Waals surface area contributed by atoms with Crippen LogP contribution >= 0.6 is 0 Å². The molecule has 1 aromatic heterocycles. The van der Waals surface area contributed by atoms with E-state index in [1.54, 1.807) is 0 Å². The maximum Gasteiger partial charge on any atom is 0.145 e. The number of nitrogens with zero attached hydrogens (tertiary/aromatic N) is 3. The summed E-state index contributed by atoms with van der Waals surface area (Å²) in [6.45, 7) is 8.72. The number of aryl methyl sites for hydroxylation is 1. The SMILES string of the molecule is CCC(c1nc(C)cc(C2CC2)n1)N1CCNCC1. The van der Waals surface area contributed by atoms with Crippen LogP contribution in [0.25, 0.3) is 0 Å². The van der Waals surface area contributed by atoms with Crippen LogP contribution in [0, 0.1) is 6.92 Å². The summed E-state index contributed by atoms with van der Waals surface area (Å²) in [7, 11) is 0. The third kappa shape index (κ3) is 2.95. The van der Waals surface area contributed by atoms with Gasteiger partial charge in [0.25, 0.3) is 0 Å². The monoisotopic (exact) mass is 260 g/mol. The fourth-order valence-electron chi connectivity index (χ4n) is 2.95. The first-order valence-electron chi connectivity index (χ1n) is 7.58. The highest BCUT2D eigenvalue weighted by Crippen LogP contribution is 2.39. The maximum atomic E-state index is 4.87. The van der Waals surface area contributed by atoms with Gasteiger partial charge in [-0.25, -0.2) is 9.97 Å². The summed E-state index contributed by atoms with van der Waals surface area (Å²) in [4.78, 5) is 12.1. The molecule has 2 heterocycles. The fourth-order valence-corrected chi connectivity index (χ4v) is 2.95. The van der Waals surface area contributed by atoms with Crippen LogP contribution in [0.5, 0.6) is 0 Å². The zero-order valence-corrected chi connectivity index (χ0v) is 12.0. The van der Waals surface area contributed by atoms with Crippen LogP contribution < -0.4 is 5.32 Å². The van der Waals surface area contributed by atoms with Crippen molar-refractivity contribution in [2.75, 3.05) is 26.2 Å². The number of hydrogen-bond donors (Lipinski definition) is 1. The normalized spacial score (nSPS) is 22.4. The Balaban J connectivity index is 1.84. The van der Waals surface area contributed by atoms with Gasteiger partial charge in [-0.2, -0.15) is 0 Å². The summed E-state index contributed by atoms with van der Waals surface area (Å²) < 4.78 is 0. The average Bonchev–Trinajstić information content (AvgIpc) is 3.24. The van der Waals surface area contributed by atoms with E-state index in [9.17, 15) is 0 Å². The van der Waals surface area contributed by atoms with E-state index >= 15 is 0 Å². The Hall–Kier alpha value is -1.00. The van der Waals surface area contributed by atoms with Crippen LogP contribution in [-0.4, -0.2) is 41.0 Å². The molecule has 1 N–H and O–H groups in total. The van der Waals surface area contributed by atoms with Gasteiger partial charge >= 0.3 is 0 Å². The number of hydrogen-bond acceptors (Lipinski definition) is 4. The van der Waals surface area contributed by atoms with Crippen LogP contribution in [0.3, 0.4) is 0 Å². The second-order valence-corrected chi connectivity index (χ2v) is 5.78. The lowest BCUT2D eigenvalue weighted by atomic mass is 10.1. The summed E-state index contributed by atoms with van der Waals surface area (Å²) in [5.41, 5.74) is 2.40. The Morgan fingerprint density at radius 2 is 2.05 bits per heavy atom. The zero-order valence-electron chi connectivity index (χ0n) is 12.0. The summed E-state index contributed by atoms with van der Waals surface area (Å²) >= 11 is 0. The molecule has 104 valence electrons. The van der Waals surface area contributed by atoms with Crippen molar-refractivity contribution < 1.29 is 0 Å². The van der Waals surface area contributed by atoms with E-state index in [1.807, 2.05) is 0 Å². The molecule has 0 spiro atoms. The Morgan fingerprint density at radius 1 is 1.32 bits per heavy atom. The quantitative estimate of drug-likeness (QED) is 0.899. The molecule has 1 saturated heterocycles. The van der Waals surface area contributed by atoms with E-state index in [0.717, 1.165) is 44.1 Å². The van der Waals surface area contributed by atoms with E-state index in [-0.39, 0.29) is 0 Å². The molecule has 0 bridgehead atoms. The van der Waals surface area contributed by atoms with E-state index in [4.69, 9.17) is 9.97 Å². The molecule has 4 heteroatoms. The van der Waals surface area contributed by atoms with Crippen molar-refractivity contribution in [3.05, 3.63) is 23.3 Å². The molecular weight excluding hydrogens is 236 g/mol. The molecule has 0 aromatic carbocycles. The predicted octanol–water partition coefficient (Wildman–Crippen LogP) is 2.02. The molecular formula is C15H24N4. The fraction of sp³-hybridized carbons (Fsp3) is 0.733. The molecule has 2 fully saturated rings. The maximum absolute atomic E-state index is 4.87. The van der Waals surface area contributed by atoms with Crippen LogP contribution in [-0.2, 0) is 0 Å². The van der Waals surface area contributed by atoms with E-state index in [2.05, 4.69) is 30.1 Å².